The van der Waals surface area contributed by atoms with Gasteiger partial charge in [-0.2, -0.15) is 0 Å². The molecule has 6 heteroatoms. The van der Waals surface area contributed by atoms with Gasteiger partial charge in [-0.3, -0.25) is 4.99 Å². The Hall–Kier alpha value is -11.7. The molecule has 0 aliphatic carbocycles. The number of aliphatic imine (C=N–C) groups is 3. The molecule has 0 atom stereocenters. The Bertz CT molecular complexity index is 5470. The largest absolute Gasteiger partial charge is 0.455 e. The molecule has 16 aromatic rings. The molecule has 89 heavy (non-hydrogen) atoms. The summed E-state index contributed by atoms with van der Waals surface area (Å²) in [5.74, 6) is 1.13. The molecule has 3 aromatic heterocycles. The van der Waals surface area contributed by atoms with Crippen LogP contribution in [-0.2, 0) is 6.54 Å². The second-order valence-corrected chi connectivity index (χ2v) is 22.9. The summed E-state index contributed by atoms with van der Waals surface area (Å²) in [6.45, 7) is 6.45. The van der Waals surface area contributed by atoms with Crippen molar-refractivity contribution in [3.05, 3.63) is 326 Å². The van der Waals surface area contributed by atoms with Gasteiger partial charge in [0.25, 0.3) is 0 Å². The summed E-state index contributed by atoms with van der Waals surface area (Å²) >= 11 is 0. The molecular formula is C83H57N5O. The van der Waals surface area contributed by atoms with E-state index in [4.69, 9.17) is 14.4 Å². The summed E-state index contributed by atoms with van der Waals surface area (Å²) in [6, 6.07) is 108. The number of aromatic nitrogens is 2. The van der Waals surface area contributed by atoms with Crippen LogP contribution in [0.15, 0.2) is 323 Å². The molecule has 0 bridgehead atoms. The molecular weight excluding hydrogens is 1080 g/mol. The molecule has 16 rings (SSSR count). The molecule has 0 N–H and O–H groups in total. The van der Waals surface area contributed by atoms with Crippen LogP contribution in [0.4, 0.5) is 0 Å². The van der Waals surface area contributed by atoms with Crippen molar-refractivity contribution in [1.82, 2.24) is 9.13 Å². The molecule has 0 aliphatic rings. The summed E-state index contributed by atoms with van der Waals surface area (Å²) in [6.07, 6.45) is 0. The highest BCUT2D eigenvalue weighted by Gasteiger charge is 2.20. The van der Waals surface area contributed by atoms with E-state index < -0.39 is 0 Å². The molecule has 420 valence electrons. The number of furan rings is 1. The standard InChI is InChI=1S/C83H57N5O/c1-54-35-42-77-72(45-54)74-50-65(41-44-79(74)87(77)67-28-10-5-11-29-67)64-40-43-78-73(49-64)69-31-12-14-33-76(69)88(78)68-30-18-27-63(48-68)61-25-17-26-62(47-61)66-51-71(81-75(52-66)70-32-13-15-34-80(70)89-81)57-38-36-56(37-39-57)60-24-16-19-55(46-60)53-85-83(59-22-8-4-9-23-59)86-82(84-2)58-20-6-3-7-21-58/h3-52H,2,53H2,1H3. The number of hydrogen-bond acceptors (Lipinski definition) is 2. The van der Waals surface area contributed by atoms with Crippen LogP contribution in [0.5, 0.6) is 0 Å². The topological polar surface area (TPSA) is 60.1 Å². The van der Waals surface area contributed by atoms with E-state index in [1.165, 1.54) is 54.8 Å². The molecule has 0 saturated carbocycles. The third-order valence-electron chi connectivity index (χ3n) is 17.3. The van der Waals surface area contributed by atoms with Gasteiger partial charge in [-0.05, 0) is 166 Å². The highest BCUT2D eigenvalue weighted by atomic mass is 16.3. The molecule has 0 spiro atoms. The summed E-state index contributed by atoms with van der Waals surface area (Å²) < 4.78 is 11.5. The number of benzene rings is 13. The minimum absolute atomic E-state index is 0.439. The molecule has 13 aromatic carbocycles. The van der Waals surface area contributed by atoms with E-state index in [2.05, 4.69) is 264 Å². The third kappa shape index (κ3) is 9.70. The Morgan fingerprint density at radius 3 is 1.56 bits per heavy atom. The van der Waals surface area contributed by atoms with Gasteiger partial charge in [0.05, 0.1) is 28.6 Å². The molecule has 0 unspecified atom stereocenters. The van der Waals surface area contributed by atoms with Crippen molar-refractivity contribution in [1.29, 1.82) is 0 Å². The fourth-order valence-electron chi connectivity index (χ4n) is 13.0. The molecule has 3 heterocycles. The smallest absolute Gasteiger partial charge is 0.161 e. The highest BCUT2D eigenvalue weighted by molar-refractivity contribution is 6.15. The second kappa shape index (κ2) is 22.3. The van der Waals surface area contributed by atoms with Gasteiger partial charge in [-0.25, -0.2) is 9.98 Å². The van der Waals surface area contributed by atoms with Crippen LogP contribution in [0, 0.1) is 6.92 Å². The van der Waals surface area contributed by atoms with Gasteiger partial charge >= 0.3 is 0 Å². The third-order valence-corrected chi connectivity index (χ3v) is 17.3. The SMILES string of the molecule is C=NC(=NC(=NCc1cccc(-c2ccc(-c3cc(-c4cccc(-c5cccc(-n6c7ccccc7c7cc(-c8ccc9c(c8)c8cc(C)ccc8n9-c8ccccc8)ccc76)c5)c4)cc4c3oc3ccccc34)cc2)c1)c1ccccc1)c1ccccc1. The van der Waals surface area contributed by atoms with Crippen LogP contribution in [0.2, 0.25) is 0 Å². The number of para-hydroxylation sites is 3. The lowest BCUT2D eigenvalue weighted by molar-refractivity contribution is 0.670. The van der Waals surface area contributed by atoms with Crippen molar-refractivity contribution in [2.75, 3.05) is 0 Å². The summed E-state index contributed by atoms with van der Waals surface area (Å²) in [7, 11) is 0. The zero-order chi connectivity index (χ0) is 59.4. The van der Waals surface area contributed by atoms with Gasteiger partial charge in [0.15, 0.2) is 11.7 Å². The van der Waals surface area contributed by atoms with Crippen molar-refractivity contribution in [2.45, 2.75) is 13.5 Å². The first-order valence-electron chi connectivity index (χ1n) is 30.2. The molecule has 6 nitrogen and oxygen atoms in total. The van der Waals surface area contributed by atoms with Crippen LogP contribution in [0.3, 0.4) is 0 Å². The average molecular weight is 1140 g/mol. The Morgan fingerprint density at radius 2 is 0.843 bits per heavy atom. The number of rotatable bonds is 11. The number of aryl methyl sites for hydroxylation is 1. The lowest BCUT2D eigenvalue weighted by atomic mass is 9.93. The van der Waals surface area contributed by atoms with Gasteiger partial charge in [0.1, 0.15) is 11.2 Å². The predicted molar refractivity (Wildman–Crippen MR) is 374 cm³/mol. The van der Waals surface area contributed by atoms with Crippen LogP contribution >= 0.6 is 0 Å². The zero-order valence-corrected chi connectivity index (χ0v) is 48.9. The van der Waals surface area contributed by atoms with Gasteiger partial charge in [-0.15, -0.1) is 0 Å². The van der Waals surface area contributed by atoms with E-state index in [1.54, 1.807) is 0 Å². The number of amidine groups is 2. The van der Waals surface area contributed by atoms with E-state index in [-0.39, 0.29) is 0 Å². The quantitative estimate of drug-likeness (QED) is 0.0940. The summed E-state index contributed by atoms with van der Waals surface area (Å²) in [4.78, 5) is 14.3. The van der Waals surface area contributed by atoms with Crippen LogP contribution in [0.25, 0.3) is 133 Å². The zero-order valence-electron chi connectivity index (χ0n) is 48.9. The Kier molecular flexibility index (Phi) is 13.2. The van der Waals surface area contributed by atoms with E-state index in [0.29, 0.717) is 18.2 Å². The first kappa shape index (κ1) is 52.8. The second-order valence-electron chi connectivity index (χ2n) is 22.9. The van der Waals surface area contributed by atoms with Crippen LogP contribution in [-0.4, -0.2) is 27.5 Å². The van der Waals surface area contributed by atoms with Crippen molar-refractivity contribution in [2.24, 2.45) is 15.0 Å². The normalized spacial score (nSPS) is 12.1. The van der Waals surface area contributed by atoms with Gasteiger partial charge in [0.2, 0.25) is 0 Å². The number of fused-ring (bicyclic) bond motifs is 9. The van der Waals surface area contributed by atoms with Crippen molar-refractivity contribution >= 4 is 83.9 Å². The predicted octanol–water partition coefficient (Wildman–Crippen LogP) is 21.5. The Labute approximate surface area is 515 Å². The summed E-state index contributed by atoms with van der Waals surface area (Å²) in [5.41, 5.74) is 24.1. The van der Waals surface area contributed by atoms with Crippen LogP contribution in [0.1, 0.15) is 22.3 Å². The van der Waals surface area contributed by atoms with Gasteiger partial charge in [-0.1, -0.05) is 212 Å². The number of nitrogens with zero attached hydrogens (tertiary/aromatic N) is 5. The van der Waals surface area contributed by atoms with Crippen LogP contribution < -0.4 is 0 Å². The molecule has 0 radical (unpaired) electrons. The maximum absolute atomic E-state index is 6.74. The fourth-order valence-corrected chi connectivity index (χ4v) is 13.0. The lowest BCUT2D eigenvalue weighted by Gasteiger charge is -2.13. The van der Waals surface area contributed by atoms with E-state index >= 15 is 0 Å². The van der Waals surface area contributed by atoms with E-state index in [0.717, 1.165) is 100 Å². The van der Waals surface area contributed by atoms with Crippen molar-refractivity contribution < 1.29 is 4.42 Å². The number of hydrogen-bond donors (Lipinski definition) is 0. The van der Waals surface area contributed by atoms with E-state index in [9.17, 15) is 0 Å². The minimum Gasteiger partial charge on any atom is -0.455 e. The Balaban J connectivity index is 0.720. The minimum atomic E-state index is 0.439. The molecule has 0 aliphatic heterocycles. The highest BCUT2D eigenvalue weighted by Crippen LogP contribution is 2.43. The fraction of sp³-hybridized carbons (Fsp3) is 0.0241. The van der Waals surface area contributed by atoms with E-state index in [1.807, 2.05) is 66.7 Å². The van der Waals surface area contributed by atoms with Gasteiger partial charge < -0.3 is 13.6 Å². The monoisotopic (exact) mass is 1140 g/mol. The first-order valence-corrected chi connectivity index (χ1v) is 30.2. The average Bonchev–Trinajstić information content (AvgIpc) is 2.27. The summed E-state index contributed by atoms with van der Waals surface area (Å²) in [5, 5.41) is 7.12. The molecule has 0 amide bonds. The lowest BCUT2D eigenvalue weighted by Crippen LogP contribution is -2.05. The van der Waals surface area contributed by atoms with Crippen molar-refractivity contribution in [3.8, 4) is 67.0 Å². The molecule has 0 fully saturated rings. The van der Waals surface area contributed by atoms with Crippen molar-refractivity contribution in [3.63, 3.8) is 0 Å². The maximum Gasteiger partial charge on any atom is 0.161 e. The molecule has 0 saturated heterocycles. The first-order chi connectivity index (χ1) is 44.0. The Morgan fingerprint density at radius 1 is 0.348 bits per heavy atom. The van der Waals surface area contributed by atoms with Gasteiger partial charge in [0, 0.05) is 60.4 Å². The maximum atomic E-state index is 6.74.